The Hall–Kier alpha value is -3.70. The molecule has 16 N–H and O–H groups in total. The van der Waals surface area contributed by atoms with Crippen LogP contribution in [0.25, 0.3) is 0 Å². The second-order valence-corrected chi connectivity index (χ2v) is 7.39. The fourth-order valence-corrected chi connectivity index (χ4v) is 2.63. The maximum Gasteiger partial charge on any atom is 0.326 e. The van der Waals surface area contributed by atoms with Crippen LogP contribution >= 0.6 is 0 Å². The zero-order chi connectivity index (χ0) is 27.0. The molecule has 0 fully saturated rings. The fourth-order valence-electron chi connectivity index (χ4n) is 2.63. The lowest BCUT2D eigenvalue weighted by Crippen LogP contribution is -2.58. The van der Waals surface area contributed by atoms with Crippen molar-refractivity contribution in [2.75, 3.05) is 26.3 Å². The van der Waals surface area contributed by atoms with Gasteiger partial charge in [0.2, 0.25) is 17.7 Å². The number of carbonyl (C=O) groups excluding carboxylic acids is 3. The average Bonchev–Trinajstić information content (AvgIpc) is 2.79. The first kappa shape index (κ1) is 31.3. The van der Waals surface area contributed by atoms with E-state index in [0.29, 0.717) is 0 Å². The number of carbonyl (C=O) groups is 4. The van der Waals surface area contributed by atoms with Gasteiger partial charge in [0.1, 0.15) is 24.2 Å². The summed E-state index contributed by atoms with van der Waals surface area (Å²) in [6.07, 6.45) is 0.485. The number of amides is 3. The van der Waals surface area contributed by atoms with Gasteiger partial charge in [-0.2, -0.15) is 0 Å². The SMILES string of the molecule is NC(N)=NCCCC(NC(=O)C(CO)NC(=O)C(CCCN=C(N)N)NC(=O)C(N)CO)C(=O)O. The van der Waals surface area contributed by atoms with Gasteiger partial charge in [0, 0.05) is 13.1 Å². The number of rotatable bonds is 17. The van der Waals surface area contributed by atoms with Gasteiger partial charge in [-0.1, -0.05) is 0 Å². The summed E-state index contributed by atoms with van der Waals surface area (Å²) < 4.78 is 0. The van der Waals surface area contributed by atoms with Crippen LogP contribution in [0.1, 0.15) is 25.7 Å². The van der Waals surface area contributed by atoms with Crippen molar-refractivity contribution in [1.82, 2.24) is 16.0 Å². The van der Waals surface area contributed by atoms with Crippen LogP contribution in [0, 0.1) is 0 Å². The molecule has 0 aliphatic rings. The Morgan fingerprint density at radius 1 is 0.686 bits per heavy atom. The van der Waals surface area contributed by atoms with Gasteiger partial charge >= 0.3 is 5.97 Å². The summed E-state index contributed by atoms with van der Waals surface area (Å²) in [7, 11) is 0. The highest BCUT2D eigenvalue weighted by atomic mass is 16.4. The lowest BCUT2D eigenvalue weighted by Gasteiger charge is -2.24. The van der Waals surface area contributed by atoms with E-state index < -0.39 is 61.1 Å². The summed E-state index contributed by atoms with van der Waals surface area (Å²) >= 11 is 0. The van der Waals surface area contributed by atoms with Gasteiger partial charge in [0.25, 0.3) is 0 Å². The van der Waals surface area contributed by atoms with Crippen LogP contribution in [-0.4, -0.2) is 101 Å². The van der Waals surface area contributed by atoms with E-state index in [9.17, 15) is 29.4 Å². The van der Waals surface area contributed by atoms with Crippen LogP contribution in [0.2, 0.25) is 0 Å². The molecular formula is C18H36N10O7. The summed E-state index contributed by atoms with van der Waals surface area (Å²) in [5.74, 6) is -4.32. The predicted octanol–water partition coefficient (Wildman–Crippen LogP) is -6.06. The molecule has 0 saturated carbocycles. The van der Waals surface area contributed by atoms with Gasteiger partial charge in [-0.25, -0.2) is 4.79 Å². The molecule has 0 aromatic carbocycles. The van der Waals surface area contributed by atoms with E-state index in [1.165, 1.54) is 0 Å². The lowest BCUT2D eigenvalue weighted by atomic mass is 10.1. The standard InChI is InChI=1S/C18H36N10O7/c19-9(7-29)13(31)26-10(3-1-5-24-17(20)21)14(32)28-12(8-30)15(33)27-11(16(34)35)4-2-6-25-18(22)23/h9-12,29-30H,1-8,19H2,(H,26,31)(H,27,33)(H,28,32)(H,34,35)(H4,20,21,24)(H4,22,23,25). The third-order valence-electron chi connectivity index (χ3n) is 4.49. The first-order chi connectivity index (χ1) is 16.4. The smallest absolute Gasteiger partial charge is 0.326 e. The third-order valence-corrected chi connectivity index (χ3v) is 4.49. The average molecular weight is 505 g/mol. The summed E-state index contributed by atoms with van der Waals surface area (Å²) in [4.78, 5) is 56.2. The third kappa shape index (κ3) is 13.6. The minimum absolute atomic E-state index is 0.0214. The Morgan fingerprint density at radius 3 is 1.54 bits per heavy atom. The van der Waals surface area contributed by atoms with Gasteiger partial charge in [-0.05, 0) is 25.7 Å². The Kier molecular flexibility index (Phi) is 15.1. The molecule has 0 rings (SSSR count). The molecule has 17 heteroatoms. The van der Waals surface area contributed by atoms with Crippen molar-refractivity contribution >= 4 is 35.6 Å². The number of nitrogens with one attached hydrogen (secondary N) is 3. The van der Waals surface area contributed by atoms with Crippen LogP contribution in [-0.2, 0) is 19.2 Å². The van der Waals surface area contributed by atoms with Crippen molar-refractivity contribution in [3.63, 3.8) is 0 Å². The largest absolute Gasteiger partial charge is 0.480 e. The maximum absolute atomic E-state index is 12.7. The van der Waals surface area contributed by atoms with Gasteiger partial charge < -0.3 is 59.9 Å². The molecule has 4 atom stereocenters. The van der Waals surface area contributed by atoms with E-state index in [1.54, 1.807) is 0 Å². The molecule has 0 heterocycles. The molecule has 0 aromatic heterocycles. The summed E-state index contributed by atoms with van der Waals surface area (Å²) in [6.45, 7) is -1.25. The molecule has 0 spiro atoms. The molecule has 4 unspecified atom stereocenters. The van der Waals surface area contributed by atoms with Crippen molar-refractivity contribution in [3.05, 3.63) is 0 Å². The van der Waals surface area contributed by atoms with Crippen LogP contribution < -0.4 is 44.6 Å². The topological polar surface area (TPSA) is 320 Å². The highest BCUT2D eigenvalue weighted by molar-refractivity contribution is 5.94. The Bertz CT molecular complexity index is 769. The summed E-state index contributed by atoms with van der Waals surface area (Å²) in [5, 5.41) is 34.8. The van der Waals surface area contributed by atoms with Crippen molar-refractivity contribution in [2.45, 2.75) is 49.9 Å². The van der Waals surface area contributed by atoms with Crippen LogP contribution in [0.15, 0.2) is 9.98 Å². The van der Waals surface area contributed by atoms with Crippen molar-refractivity contribution in [3.8, 4) is 0 Å². The summed E-state index contributed by atoms with van der Waals surface area (Å²) in [6, 6.07) is -5.37. The highest BCUT2D eigenvalue weighted by Gasteiger charge is 2.29. The predicted molar refractivity (Wildman–Crippen MR) is 125 cm³/mol. The Morgan fingerprint density at radius 2 is 1.11 bits per heavy atom. The number of guanidine groups is 2. The monoisotopic (exact) mass is 504 g/mol. The molecule has 200 valence electrons. The number of aliphatic hydroxyl groups is 2. The number of carboxylic acids is 1. The molecule has 0 aromatic rings. The number of aliphatic hydroxyl groups excluding tert-OH is 2. The fraction of sp³-hybridized carbons (Fsp3) is 0.667. The van der Waals surface area contributed by atoms with Gasteiger partial charge in [-0.15, -0.1) is 0 Å². The minimum atomic E-state index is -1.52. The van der Waals surface area contributed by atoms with Crippen LogP contribution in [0.4, 0.5) is 0 Å². The van der Waals surface area contributed by atoms with Crippen molar-refractivity contribution < 1.29 is 34.5 Å². The van der Waals surface area contributed by atoms with Crippen LogP contribution in [0.3, 0.4) is 0 Å². The first-order valence-electron chi connectivity index (χ1n) is 10.6. The number of nitrogens with two attached hydrogens (primary N) is 5. The van der Waals surface area contributed by atoms with Gasteiger partial charge in [-0.3, -0.25) is 24.4 Å². The molecule has 0 saturated heterocycles. The molecule has 35 heavy (non-hydrogen) atoms. The molecule has 0 aliphatic heterocycles. The lowest BCUT2D eigenvalue weighted by molar-refractivity contribution is -0.142. The van der Waals surface area contributed by atoms with E-state index in [2.05, 4.69) is 25.9 Å². The summed E-state index contributed by atoms with van der Waals surface area (Å²) in [5.41, 5.74) is 26.3. The zero-order valence-corrected chi connectivity index (χ0v) is 19.2. The molecule has 17 nitrogen and oxygen atoms in total. The molecular weight excluding hydrogens is 468 g/mol. The van der Waals surface area contributed by atoms with E-state index in [1.807, 2.05) is 0 Å². The highest BCUT2D eigenvalue weighted by Crippen LogP contribution is 2.03. The number of carboxylic acid groups (broad SMARTS) is 1. The van der Waals surface area contributed by atoms with E-state index in [4.69, 9.17) is 33.8 Å². The minimum Gasteiger partial charge on any atom is -0.480 e. The van der Waals surface area contributed by atoms with Gasteiger partial charge in [0.15, 0.2) is 11.9 Å². The quantitative estimate of drug-likeness (QED) is 0.0500. The number of hydrogen-bond acceptors (Lipinski definition) is 9. The molecule has 0 bridgehead atoms. The molecule has 0 aliphatic carbocycles. The molecule has 0 radical (unpaired) electrons. The normalized spacial score (nSPS) is 13.9. The zero-order valence-electron chi connectivity index (χ0n) is 19.2. The Balaban J connectivity index is 5.23. The van der Waals surface area contributed by atoms with Crippen molar-refractivity contribution in [2.24, 2.45) is 38.7 Å². The van der Waals surface area contributed by atoms with E-state index >= 15 is 0 Å². The van der Waals surface area contributed by atoms with E-state index in [-0.39, 0.29) is 50.7 Å². The molecule has 3 amide bonds. The number of aliphatic imine (C=N–C) groups is 2. The number of hydrogen-bond donors (Lipinski definition) is 11. The second-order valence-electron chi connectivity index (χ2n) is 7.39. The maximum atomic E-state index is 12.7. The number of aliphatic carboxylic acids is 1. The van der Waals surface area contributed by atoms with Crippen LogP contribution in [0.5, 0.6) is 0 Å². The van der Waals surface area contributed by atoms with E-state index in [0.717, 1.165) is 0 Å². The van der Waals surface area contributed by atoms with Crippen molar-refractivity contribution in [1.29, 1.82) is 0 Å². The Labute approximate surface area is 201 Å². The first-order valence-corrected chi connectivity index (χ1v) is 10.6. The number of nitrogens with zero attached hydrogens (tertiary/aromatic N) is 2. The second kappa shape index (κ2) is 16.8. The van der Waals surface area contributed by atoms with Gasteiger partial charge in [0.05, 0.1) is 13.2 Å².